The SMILES string of the molecule is CC.CC.CC.CC(C)(C)c1ccccc1.CC(C)(C)c1ccccc1.Cc1nc(C)nc(C)n1.c1ccc2ccccc2c1.c1ccc2ccccc2c1.c1ccc2ccccc2c1.c1ccc2ccccc2c1.c1cncnc1. The zero-order chi connectivity index (χ0) is 59.6. The number of aryl methyl sites for hydroxylation is 3. The summed E-state index contributed by atoms with van der Waals surface area (Å²) in [6, 6.07) is 89.7. The Hall–Kier alpha value is -8.67. The number of nitrogens with zero attached hydrogens (tertiary/aromatic N) is 5. The Labute approximate surface area is 488 Å². The van der Waals surface area contributed by atoms with Gasteiger partial charge in [-0.15, -0.1) is 0 Å². The minimum atomic E-state index is 0.293. The molecular formula is C76H91N5. The van der Waals surface area contributed by atoms with E-state index < -0.39 is 0 Å². The zero-order valence-electron chi connectivity index (χ0n) is 51.3. The van der Waals surface area contributed by atoms with E-state index in [4.69, 9.17) is 0 Å². The number of benzene rings is 10. The molecule has 2 heterocycles. The molecule has 12 aromatic rings. The van der Waals surface area contributed by atoms with E-state index in [0.717, 1.165) is 17.5 Å². The Kier molecular flexibility index (Phi) is 34.2. The average molecular weight is 1070 g/mol. The number of hydrogen-bond donors (Lipinski definition) is 0. The molecule has 0 saturated carbocycles. The van der Waals surface area contributed by atoms with Crippen LogP contribution in [0.15, 0.2) is 280 Å². The predicted octanol–water partition coefficient (Wildman–Crippen LogP) is 21.7. The first-order chi connectivity index (χ1) is 39.3. The zero-order valence-corrected chi connectivity index (χ0v) is 51.3. The molecule has 2 aromatic heterocycles. The molecule has 12 rings (SSSR count). The Morgan fingerprint density at radius 2 is 0.383 bits per heavy atom. The lowest BCUT2D eigenvalue weighted by Gasteiger charge is -2.18. The Morgan fingerprint density at radius 3 is 0.494 bits per heavy atom. The largest absolute Gasteiger partial charge is 0.245 e. The van der Waals surface area contributed by atoms with Gasteiger partial charge in [0.2, 0.25) is 0 Å². The number of aromatic nitrogens is 5. The molecule has 0 amide bonds. The molecule has 5 nitrogen and oxygen atoms in total. The van der Waals surface area contributed by atoms with Crippen molar-refractivity contribution in [1.82, 2.24) is 24.9 Å². The molecule has 0 N–H and O–H groups in total. The molecule has 5 heteroatoms. The highest BCUT2D eigenvalue weighted by atomic mass is 15.0. The monoisotopic (exact) mass is 1070 g/mol. The summed E-state index contributed by atoms with van der Waals surface area (Å²) in [6.45, 7) is 30.9. The quantitative estimate of drug-likeness (QED) is 0.151. The number of fused-ring (bicyclic) bond motifs is 4. The topological polar surface area (TPSA) is 64.5 Å². The summed E-state index contributed by atoms with van der Waals surface area (Å²) < 4.78 is 0. The standard InChI is InChI=1S/4C10H8.2C10H14.C6H9N3.C4H4N2.3C2H6/c4*1-2-6-10-8-4-3-7-9(10)5-1;2*1-10(2,3)9-7-5-4-6-8-9;1-4-7-5(2)9-6(3)8-4;1-2-5-4-6-3-1;3*1-2/h4*1-8H;2*4-8H,1-3H3;1-3H3;1-4H;3*1-2H3. The van der Waals surface area contributed by atoms with Gasteiger partial charge in [-0.25, -0.2) is 24.9 Å². The highest BCUT2D eigenvalue weighted by Crippen LogP contribution is 2.22. The van der Waals surface area contributed by atoms with Gasteiger partial charge in [-0.1, -0.05) is 338 Å². The van der Waals surface area contributed by atoms with Crippen LogP contribution in [0.3, 0.4) is 0 Å². The van der Waals surface area contributed by atoms with Crippen molar-refractivity contribution in [3.63, 3.8) is 0 Å². The molecule has 0 saturated heterocycles. The molecule has 10 aromatic carbocycles. The van der Waals surface area contributed by atoms with Crippen LogP contribution in [0, 0.1) is 20.8 Å². The van der Waals surface area contributed by atoms with Gasteiger partial charge in [0.15, 0.2) is 0 Å². The van der Waals surface area contributed by atoms with Crippen molar-refractivity contribution in [3.05, 3.63) is 308 Å². The van der Waals surface area contributed by atoms with Gasteiger partial charge in [0.25, 0.3) is 0 Å². The van der Waals surface area contributed by atoms with Crippen molar-refractivity contribution in [3.8, 4) is 0 Å². The molecule has 81 heavy (non-hydrogen) atoms. The minimum absolute atomic E-state index is 0.293. The molecule has 0 bridgehead atoms. The molecule has 0 atom stereocenters. The van der Waals surface area contributed by atoms with Gasteiger partial charge in [-0.2, -0.15) is 0 Å². The number of hydrogen-bond acceptors (Lipinski definition) is 5. The smallest absolute Gasteiger partial charge is 0.129 e. The molecular weight excluding hydrogens is 983 g/mol. The van der Waals surface area contributed by atoms with Gasteiger partial charge < -0.3 is 0 Å². The summed E-state index contributed by atoms with van der Waals surface area (Å²) in [6.07, 6.45) is 4.88. The molecule has 0 aliphatic rings. The molecule has 0 radical (unpaired) electrons. The van der Waals surface area contributed by atoms with Crippen LogP contribution < -0.4 is 0 Å². The van der Waals surface area contributed by atoms with E-state index in [1.807, 2.05) is 62.3 Å². The predicted molar refractivity (Wildman–Crippen MR) is 356 cm³/mol. The Morgan fingerprint density at radius 1 is 0.222 bits per heavy atom. The third-order valence-electron chi connectivity index (χ3n) is 11.4. The molecule has 420 valence electrons. The van der Waals surface area contributed by atoms with Crippen molar-refractivity contribution < 1.29 is 0 Å². The highest BCUT2D eigenvalue weighted by Gasteiger charge is 2.12. The molecule has 0 aliphatic heterocycles. The van der Waals surface area contributed by atoms with Crippen LogP contribution in [0.2, 0.25) is 0 Å². The maximum absolute atomic E-state index is 4.01. The minimum Gasteiger partial charge on any atom is -0.245 e. The van der Waals surface area contributed by atoms with Crippen molar-refractivity contribution in [2.75, 3.05) is 0 Å². The lowest BCUT2D eigenvalue weighted by Crippen LogP contribution is -2.10. The van der Waals surface area contributed by atoms with E-state index in [1.165, 1.54) is 60.5 Å². The van der Waals surface area contributed by atoms with Gasteiger partial charge in [0.1, 0.15) is 23.8 Å². The number of rotatable bonds is 0. The van der Waals surface area contributed by atoms with Gasteiger partial charge in [0, 0.05) is 12.4 Å². The third kappa shape index (κ3) is 28.7. The second-order valence-electron chi connectivity index (χ2n) is 19.5. The lowest BCUT2D eigenvalue weighted by atomic mass is 9.87. The maximum atomic E-state index is 4.01. The Balaban J connectivity index is 0.000000313. The van der Waals surface area contributed by atoms with E-state index >= 15 is 0 Å². The van der Waals surface area contributed by atoms with Crippen LogP contribution in [0.5, 0.6) is 0 Å². The summed E-state index contributed by atoms with van der Waals surface area (Å²) in [5.74, 6) is 2.38. The summed E-state index contributed by atoms with van der Waals surface area (Å²) >= 11 is 0. The van der Waals surface area contributed by atoms with Crippen LogP contribution in [0.25, 0.3) is 43.1 Å². The first kappa shape index (κ1) is 68.4. The van der Waals surface area contributed by atoms with Crippen molar-refractivity contribution in [1.29, 1.82) is 0 Å². The van der Waals surface area contributed by atoms with Gasteiger partial charge >= 0.3 is 0 Å². The summed E-state index contributed by atoms with van der Waals surface area (Å²) in [5, 5.41) is 10.5. The van der Waals surface area contributed by atoms with E-state index in [9.17, 15) is 0 Å². The molecule has 0 aliphatic carbocycles. The second-order valence-corrected chi connectivity index (χ2v) is 19.5. The first-order valence-corrected chi connectivity index (χ1v) is 28.5. The maximum Gasteiger partial charge on any atom is 0.129 e. The average Bonchev–Trinajstić information content (AvgIpc) is 3.52. The van der Waals surface area contributed by atoms with Crippen LogP contribution >= 0.6 is 0 Å². The van der Waals surface area contributed by atoms with Crippen LogP contribution in [-0.4, -0.2) is 24.9 Å². The van der Waals surface area contributed by atoms with Crippen LogP contribution in [0.4, 0.5) is 0 Å². The lowest BCUT2D eigenvalue weighted by molar-refractivity contribution is 0.590. The molecule has 0 fully saturated rings. The van der Waals surface area contributed by atoms with Crippen LogP contribution in [0.1, 0.15) is 112 Å². The van der Waals surface area contributed by atoms with E-state index in [-0.39, 0.29) is 0 Å². The third-order valence-corrected chi connectivity index (χ3v) is 11.4. The highest BCUT2D eigenvalue weighted by molar-refractivity contribution is 5.84. The van der Waals surface area contributed by atoms with E-state index in [1.54, 1.807) is 18.5 Å². The first-order valence-electron chi connectivity index (χ1n) is 28.5. The van der Waals surface area contributed by atoms with E-state index in [2.05, 4.69) is 321 Å². The Bertz CT molecular complexity index is 2760. The van der Waals surface area contributed by atoms with E-state index in [0.29, 0.717) is 10.8 Å². The summed E-state index contributed by atoms with van der Waals surface area (Å²) in [5.41, 5.74) is 3.38. The van der Waals surface area contributed by atoms with Crippen LogP contribution in [-0.2, 0) is 10.8 Å². The fourth-order valence-electron chi connectivity index (χ4n) is 7.44. The second kappa shape index (κ2) is 40.5. The summed E-state index contributed by atoms with van der Waals surface area (Å²) in [4.78, 5) is 19.4. The van der Waals surface area contributed by atoms with Gasteiger partial charge in [0.05, 0.1) is 0 Å². The molecule has 0 spiro atoms. The fourth-order valence-corrected chi connectivity index (χ4v) is 7.44. The van der Waals surface area contributed by atoms with Gasteiger partial charge in [-0.3, -0.25) is 0 Å². The van der Waals surface area contributed by atoms with Crippen molar-refractivity contribution in [2.24, 2.45) is 0 Å². The fraction of sp³-hybridized carbons (Fsp3) is 0.224. The van der Waals surface area contributed by atoms with Crippen molar-refractivity contribution >= 4 is 43.1 Å². The van der Waals surface area contributed by atoms with Gasteiger partial charge in [-0.05, 0) is 91.9 Å². The summed E-state index contributed by atoms with van der Waals surface area (Å²) in [7, 11) is 0. The van der Waals surface area contributed by atoms with Crippen molar-refractivity contribution in [2.45, 2.75) is 115 Å². The normalized spacial score (nSPS) is 9.67. The molecule has 0 unspecified atom stereocenters.